The highest BCUT2D eigenvalue weighted by atomic mass is 16.5. The zero-order chi connectivity index (χ0) is 27.1. The van der Waals surface area contributed by atoms with E-state index in [9.17, 15) is 14.7 Å². The summed E-state index contributed by atoms with van der Waals surface area (Å²) in [4.78, 5) is 32.3. The summed E-state index contributed by atoms with van der Waals surface area (Å²) in [6.07, 6.45) is 2.94. The minimum absolute atomic E-state index is 0.0588. The maximum absolute atomic E-state index is 12.6. The van der Waals surface area contributed by atoms with Gasteiger partial charge in [0, 0.05) is 47.2 Å². The Kier molecular flexibility index (Phi) is 7.39. The zero-order valence-corrected chi connectivity index (χ0v) is 23.3. The summed E-state index contributed by atoms with van der Waals surface area (Å²) in [6, 6.07) is 7.88. The lowest BCUT2D eigenvalue weighted by Crippen LogP contribution is -2.39. The Morgan fingerprint density at radius 1 is 1.08 bits per heavy atom. The predicted molar refractivity (Wildman–Crippen MR) is 146 cm³/mol. The second-order valence-corrected chi connectivity index (χ2v) is 12.3. The number of carboxylic acids is 1. The van der Waals surface area contributed by atoms with Crippen molar-refractivity contribution in [2.75, 3.05) is 18.0 Å². The Morgan fingerprint density at radius 2 is 1.68 bits per heavy atom. The van der Waals surface area contributed by atoms with Crippen LogP contribution in [0.15, 0.2) is 24.3 Å². The molecule has 37 heavy (non-hydrogen) atoms. The molecule has 7 heteroatoms. The second kappa shape index (κ2) is 10.1. The van der Waals surface area contributed by atoms with Gasteiger partial charge in [0.15, 0.2) is 6.10 Å². The lowest BCUT2D eigenvalue weighted by atomic mass is 9.81. The molecule has 0 spiro atoms. The Morgan fingerprint density at radius 3 is 2.19 bits per heavy atom. The van der Waals surface area contributed by atoms with Crippen molar-refractivity contribution in [1.82, 2.24) is 10.3 Å². The first-order valence-electron chi connectivity index (χ1n) is 13.3. The van der Waals surface area contributed by atoms with E-state index in [2.05, 4.69) is 24.1 Å². The smallest absolute Gasteiger partial charge is 0.337 e. The van der Waals surface area contributed by atoms with E-state index in [1.807, 2.05) is 58.9 Å². The number of carbonyl (C=O) groups is 2. The molecule has 2 aromatic rings. The molecule has 1 aromatic carbocycles. The van der Waals surface area contributed by atoms with Gasteiger partial charge < -0.3 is 20.1 Å². The summed E-state index contributed by atoms with van der Waals surface area (Å²) in [7, 11) is 0. The van der Waals surface area contributed by atoms with Crippen molar-refractivity contribution >= 4 is 17.6 Å². The third-order valence-corrected chi connectivity index (χ3v) is 7.32. The number of aryl methyl sites for hydroxylation is 2. The number of pyridine rings is 1. The van der Waals surface area contributed by atoms with Gasteiger partial charge in [0.05, 0.1) is 11.3 Å². The fourth-order valence-electron chi connectivity index (χ4n) is 5.04. The molecule has 4 rings (SSSR count). The molecule has 7 nitrogen and oxygen atoms in total. The van der Waals surface area contributed by atoms with Crippen molar-refractivity contribution in [2.24, 2.45) is 5.41 Å². The molecule has 2 heterocycles. The number of anilines is 1. The van der Waals surface area contributed by atoms with Crippen LogP contribution in [0.3, 0.4) is 0 Å². The number of aliphatic carboxylic acids is 1. The highest BCUT2D eigenvalue weighted by molar-refractivity contribution is 5.95. The van der Waals surface area contributed by atoms with Crippen molar-refractivity contribution in [3.63, 3.8) is 0 Å². The van der Waals surface area contributed by atoms with Gasteiger partial charge in [-0.25, -0.2) is 4.79 Å². The van der Waals surface area contributed by atoms with Gasteiger partial charge in [-0.3, -0.25) is 9.78 Å². The first-order valence-corrected chi connectivity index (χ1v) is 13.3. The van der Waals surface area contributed by atoms with E-state index in [0.29, 0.717) is 22.9 Å². The fraction of sp³-hybridized carbons (Fsp3) is 0.567. The number of aromatic nitrogens is 1. The lowest BCUT2D eigenvalue weighted by Gasteiger charge is -2.41. The molecule has 200 valence electrons. The Labute approximate surface area is 220 Å². The number of carbonyl (C=O) groups excluding carboxylic acids is 1. The molecule has 0 unspecified atom stereocenters. The first kappa shape index (κ1) is 27.1. The van der Waals surface area contributed by atoms with Crippen LogP contribution in [0.25, 0.3) is 11.1 Å². The summed E-state index contributed by atoms with van der Waals surface area (Å²) < 4.78 is 6.14. The number of nitrogens with zero attached hydrogens (tertiary/aromatic N) is 2. The molecule has 1 aliphatic carbocycles. The Bertz CT molecular complexity index is 1170. The third kappa shape index (κ3) is 6.32. The van der Waals surface area contributed by atoms with E-state index in [4.69, 9.17) is 9.72 Å². The highest BCUT2D eigenvalue weighted by Crippen LogP contribution is 2.44. The summed E-state index contributed by atoms with van der Waals surface area (Å²) in [5.74, 6) is -1.09. The van der Waals surface area contributed by atoms with E-state index in [1.165, 1.54) is 0 Å². The number of hydrogen-bond acceptors (Lipinski definition) is 5. The van der Waals surface area contributed by atoms with Crippen molar-refractivity contribution in [1.29, 1.82) is 0 Å². The number of nitrogens with one attached hydrogen (secondary N) is 1. The normalized spacial score (nSPS) is 18.4. The SMILES string of the molecule is Cc1nc(C)c([C@H](OC(C)(C)C)C(=O)O)c(N2CCC(C)(C)CC2)c1-c1ccc(C(=O)NC2CC2)cc1. The van der Waals surface area contributed by atoms with Gasteiger partial charge in [-0.15, -0.1) is 0 Å². The molecular formula is C30H41N3O4. The monoisotopic (exact) mass is 507 g/mol. The van der Waals surface area contributed by atoms with E-state index < -0.39 is 17.7 Å². The van der Waals surface area contributed by atoms with Gasteiger partial charge in [0.1, 0.15) is 0 Å². The number of benzene rings is 1. The van der Waals surface area contributed by atoms with E-state index >= 15 is 0 Å². The standard InChI is InChI=1S/C30H41N3O4/c1-18-23(20-8-10-21(11-9-20)27(34)32-22-12-13-22)25(33-16-14-30(6,7)15-17-33)24(19(2)31-18)26(28(35)36)37-29(3,4)5/h8-11,22,26H,12-17H2,1-7H3,(H,32,34)(H,35,36)/t26-/m0/s1. The molecule has 1 amide bonds. The number of piperidine rings is 1. The number of hydrogen-bond donors (Lipinski definition) is 2. The second-order valence-electron chi connectivity index (χ2n) is 12.3. The van der Waals surface area contributed by atoms with Crippen molar-refractivity contribution in [2.45, 2.75) is 91.9 Å². The minimum Gasteiger partial charge on any atom is -0.479 e. The average molecular weight is 508 g/mol. The predicted octanol–water partition coefficient (Wildman–Crippen LogP) is 5.82. The van der Waals surface area contributed by atoms with Gasteiger partial charge in [-0.2, -0.15) is 0 Å². The quantitative estimate of drug-likeness (QED) is 0.490. The van der Waals surface area contributed by atoms with Gasteiger partial charge in [0.2, 0.25) is 0 Å². The molecule has 1 aliphatic heterocycles. The average Bonchev–Trinajstić information content (AvgIpc) is 3.61. The van der Waals surface area contributed by atoms with E-state index in [0.717, 1.165) is 61.3 Å². The molecular weight excluding hydrogens is 466 g/mol. The topological polar surface area (TPSA) is 91.8 Å². The summed E-state index contributed by atoms with van der Waals surface area (Å²) in [5.41, 5.74) is 5.00. The van der Waals surface area contributed by atoms with E-state index in [1.54, 1.807) is 0 Å². The lowest BCUT2D eigenvalue weighted by molar-refractivity contribution is -0.160. The van der Waals surface area contributed by atoms with Crippen LogP contribution < -0.4 is 10.2 Å². The van der Waals surface area contributed by atoms with Crippen LogP contribution in [0.1, 0.15) is 93.7 Å². The van der Waals surface area contributed by atoms with Crippen LogP contribution in [0.5, 0.6) is 0 Å². The molecule has 0 radical (unpaired) electrons. The van der Waals surface area contributed by atoms with Crippen LogP contribution in [0, 0.1) is 19.3 Å². The van der Waals surface area contributed by atoms with Gasteiger partial charge >= 0.3 is 5.97 Å². The van der Waals surface area contributed by atoms with E-state index in [-0.39, 0.29) is 11.3 Å². The summed E-state index contributed by atoms with van der Waals surface area (Å²) in [6.45, 7) is 15.7. The molecule has 2 aliphatic rings. The molecule has 2 fully saturated rings. The Balaban J connectivity index is 1.85. The number of rotatable bonds is 7. The number of amides is 1. The maximum Gasteiger partial charge on any atom is 0.337 e. The molecule has 1 saturated carbocycles. The number of carboxylic acid groups (broad SMARTS) is 1. The van der Waals surface area contributed by atoms with Crippen LogP contribution in [0.4, 0.5) is 5.69 Å². The first-order chi connectivity index (χ1) is 17.3. The molecule has 1 saturated heterocycles. The van der Waals surface area contributed by atoms with Gasteiger partial charge in [-0.1, -0.05) is 26.0 Å². The summed E-state index contributed by atoms with van der Waals surface area (Å²) in [5, 5.41) is 13.3. The minimum atomic E-state index is -1.15. The van der Waals surface area contributed by atoms with Crippen LogP contribution in [-0.2, 0) is 9.53 Å². The summed E-state index contributed by atoms with van der Waals surface area (Å²) >= 11 is 0. The Hall–Kier alpha value is -2.93. The van der Waals surface area contributed by atoms with Crippen molar-refractivity contribution in [3.05, 3.63) is 46.8 Å². The fourth-order valence-corrected chi connectivity index (χ4v) is 5.04. The van der Waals surface area contributed by atoms with Crippen LogP contribution >= 0.6 is 0 Å². The van der Waals surface area contributed by atoms with Gasteiger partial charge in [0.25, 0.3) is 5.91 Å². The largest absolute Gasteiger partial charge is 0.479 e. The van der Waals surface area contributed by atoms with Gasteiger partial charge in [-0.05, 0) is 83.4 Å². The van der Waals surface area contributed by atoms with Crippen molar-refractivity contribution in [3.8, 4) is 11.1 Å². The molecule has 1 aromatic heterocycles. The number of ether oxygens (including phenoxy) is 1. The van der Waals surface area contributed by atoms with Crippen LogP contribution in [0.2, 0.25) is 0 Å². The molecule has 0 bridgehead atoms. The molecule has 2 N–H and O–H groups in total. The third-order valence-electron chi connectivity index (χ3n) is 7.32. The zero-order valence-electron chi connectivity index (χ0n) is 23.3. The highest BCUT2D eigenvalue weighted by Gasteiger charge is 2.36. The van der Waals surface area contributed by atoms with Crippen LogP contribution in [-0.4, -0.2) is 46.7 Å². The maximum atomic E-state index is 12.6. The van der Waals surface area contributed by atoms with Crippen molar-refractivity contribution < 1.29 is 19.4 Å². The molecule has 1 atom stereocenters.